The Hall–Kier alpha value is -1.98. The van der Waals surface area contributed by atoms with E-state index in [0.717, 1.165) is 10.0 Å². The first-order valence-corrected chi connectivity index (χ1v) is 9.72. The van der Waals surface area contributed by atoms with Gasteiger partial charge in [0.1, 0.15) is 0 Å². The van der Waals surface area contributed by atoms with Gasteiger partial charge in [0.2, 0.25) is 16.9 Å². The van der Waals surface area contributed by atoms with Crippen LogP contribution < -0.4 is 5.32 Å². The maximum Gasteiger partial charge on any atom is 0.413 e. The summed E-state index contributed by atoms with van der Waals surface area (Å²) in [5, 5.41) is 18.8. The summed E-state index contributed by atoms with van der Waals surface area (Å²) in [6.45, 7) is 2.03. The quantitative estimate of drug-likeness (QED) is 0.447. The summed E-state index contributed by atoms with van der Waals surface area (Å²) in [5.41, 5.74) is 0.851. The second-order valence-corrected chi connectivity index (χ2v) is 7.63. The molecule has 11 heteroatoms. The summed E-state index contributed by atoms with van der Waals surface area (Å²) in [6, 6.07) is 7.61. The second kappa shape index (κ2) is 8.41. The van der Waals surface area contributed by atoms with Crippen molar-refractivity contribution in [2.75, 3.05) is 11.9 Å². The monoisotopic (exact) mass is 441 g/mol. The van der Waals surface area contributed by atoms with Gasteiger partial charge in [-0.15, -0.1) is 20.4 Å². The van der Waals surface area contributed by atoms with Crippen LogP contribution in [0.5, 0.6) is 0 Å². The lowest BCUT2D eigenvalue weighted by atomic mass is 10.2. The van der Waals surface area contributed by atoms with Crippen molar-refractivity contribution in [2.24, 2.45) is 0 Å². The van der Waals surface area contributed by atoms with Crippen molar-refractivity contribution in [3.05, 3.63) is 34.6 Å². The van der Waals surface area contributed by atoms with Crippen LogP contribution in [-0.4, -0.2) is 33.1 Å². The summed E-state index contributed by atoms with van der Waals surface area (Å²) in [4.78, 5) is 11.3. The third-order valence-electron chi connectivity index (χ3n) is 2.77. The summed E-state index contributed by atoms with van der Waals surface area (Å²) in [6.07, 6.45) is -0.550. The van der Waals surface area contributed by atoms with Crippen molar-refractivity contribution in [1.82, 2.24) is 20.4 Å². The van der Waals surface area contributed by atoms with Crippen molar-refractivity contribution < 1.29 is 13.9 Å². The third-order valence-corrected chi connectivity index (χ3v) is 5.25. The maximum atomic E-state index is 11.3. The third kappa shape index (κ3) is 5.00. The number of nitrogens with one attached hydrogen (secondary N) is 1. The normalized spacial score (nSPS) is 10.6. The van der Waals surface area contributed by atoms with Gasteiger partial charge in [0.05, 0.1) is 12.4 Å². The predicted octanol–water partition coefficient (Wildman–Crippen LogP) is 4.21. The van der Waals surface area contributed by atoms with Crippen molar-refractivity contribution in [3.63, 3.8) is 0 Å². The highest BCUT2D eigenvalue weighted by molar-refractivity contribution is 9.10. The standard InChI is InChI=1S/C14H12BrN5O3S2/c1-2-22-13(21)16-12-19-20-14(25-12)24-7-10-17-18-11(23-10)8-3-5-9(15)6-4-8/h3-6H,2,7H2,1H3,(H,16,19,21). The predicted molar refractivity (Wildman–Crippen MR) is 97.5 cm³/mol. The fraction of sp³-hybridized carbons (Fsp3) is 0.214. The van der Waals surface area contributed by atoms with Gasteiger partial charge in [-0.2, -0.15) is 0 Å². The topological polar surface area (TPSA) is 103 Å². The van der Waals surface area contributed by atoms with Crippen molar-refractivity contribution >= 4 is 50.3 Å². The molecule has 2 heterocycles. The first-order chi connectivity index (χ1) is 12.1. The number of carbonyl (C=O) groups is 1. The molecule has 130 valence electrons. The molecule has 0 aliphatic heterocycles. The van der Waals surface area contributed by atoms with E-state index in [-0.39, 0.29) is 0 Å². The van der Waals surface area contributed by atoms with Crippen LogP contribution in [-0.2, 0) is 10.5 Å². The van der Waals surface area contributed by atoms with E-state index in [1.807, 2.05) is 24.3 Å². The molecule has 0 saturated heterocycles. The number of amides is 1. The molecule has 0 bridgehead atoms. The maximum absolute atomic E-state index is 11.3. The largest absolute Gasteiger partial charge is 0.450 e. The smallest absolute Gasteiger partial charge is 0.413 e. The molecule has 8 nitrogen and oxygen atoms in total. The number of aromatic nitrogens is 4. The molecule has 3 aromatic rings. The molecule has 0 aliphatic rings. The van der Waals surface area contributed by atoms with Gasteiger partial charge < -0.3 is 9.15 Å². The van der Waals surface area contributed by atoms with Gasteiger partial charge in [0.25, 0.3) is 0 Å². The van der Waals surface area contributed by atoms with E-state index in [0.29, 0.717) is 33.6 Å². The van der Waals surface area contributed by atoms with E-state index in [2.05, 4.69) is 41.6 Å². The number of anilines is 1. The van der Waals surface area contributed by atoms with E-state index in [1.165, 1.54) is 23.1 Å². The van der Waals surface area contributed by atoms with Crippen molar-refractivity contribution in [2.45, 2.75) is 17.0 Å². The number of benzene rings is 1. The number of rotatable bonds is 6. The Kier molecular flexibility index (Phi) is 6.00. The minimum absolute atomic E-state index is 0.296. The van der Waals surface area contributed by atoms with Gasteiger partial charge in [-0.05, 0) is 31.2 Å². The zero-order valence-corrected chi connectivity index (χ0v) is 16.2. The molecule has 2 aromatic heterocycles. The lowest BCUT2D eigenvalue weighted by Gasteiger charge is -1.99. The number of ether oxygens (including phenoxy) is 1. The molecule has 3 rings (SSSR count). The van der Waals surface area contributed by atoms with Gasteiger partial charge in [0, 0.05) is 10.0 Å². The SMILES string of the molecule is CCOC(=O)Nc1nnc(SCc2nnc(-c3ccc(Br)cc3)o2)s1. The number of carbonyl (C=O) groups excluding carboxylic acids is 1. The first-order valence-electron chi connectivity index (χ1n) is 7.12. The van der Waals surface area contributed by atoms with Gasteiger partial charge >= 0.3 is 6.09 Å². The van der Waals surface area contributed by atoms with E-state index in [9.17, 15) is 4.79 Å². The highest BCUT2D eigenvalue weighted by Crippen LogP contribution is 2.29. The van der Waals surface area contributed by atoms with Crippen LogP contribution in [0.4, 0.5) is 9.93 Å². The van der Waals surface area contributed by atoms with Crippen LogP contribution in [0.15, 0.2) is 37.5 Å². The molecular formula is C14H12BrN5O3S2. The van der Waals surface area contributed by atoms with E-state index < -0.39 is 6.09 Å². The van der Waals surface area contributed by atoms with Gasteiger partial charge in [-0.3, -0.25) is 5.32 Å². The average molecular weight is 442 g/mol. The molecule has 0 fully saturated rings. The Labute approximate surface area is 159 Å². The molecule has 0 spiro atoms. The van der Waals surface area contributed by atoms with Crippen molar-refractivity contribution in [3.8, 4) is 11.5 Å². The molecule has 25 heavy (non-hydrogen) atoms. The summed E-state index contributed by atoms with van der Waals surface area (Å²) < 4.78 is 12.1. The van der Waals surface area contributed by atoms with Crippen molar-refractivity contribution in [1.29, 1.82) is 0 Å². The fourth-order valence-electron chi connectivity index (χ4n) is 1.72. The molecule has 1 aromatic carbocycles. The molecule has 1 N–H and O–H groups in total. The molecule has 1 amide bonds. The minimum Gasteiger partial charge on any atom is -0.450 e. The summed E-state index contributed by atoms with van der Waals surface area (Å²) >= 11 is 6.02. The average Bonchev–Trinajstić information content (AvgIpc) is 3.23. The zero-order valence-electron chi connectivity index (χ0n) is 12.9. The van der Waals surface area contributed by atoms with Crippen LogP contribution in [0.3, 0.4) is 0 Å². The Morgan fingerprint density at radius 2 is 2.08 bits per heavy atom. The first kappa shape index (κ1) is 17.8. The number of nitrogens with zero attached hydrogens (tertiary/aromatic N) is 4. The fourth-order valence-corrected chi connectivity index (χ4v) is 3.56. The van der Waals surface area contributed by atoms with Crippen LogP contribution in [0.25, 0.3) is 11.5 Å². The van der Waals surface area contributed by atoms with Gasteiger partial charge in [-0.1, -0.05) is 39.0 Å². The minimum atomic E-state index is -0.550. The molecule has 0 aliphatic carbocycles. The number of thioether (sulfide) groups is 1. The molecular weight excluding hydrogens is 430 g/mol. The molecule has 0 atom stereocenters. The van der Waals surface area contributed by atoms with Crippen LogP contribution in [0.2, 0.25) is 0 Å². The highest BCUT2D eigenvalue weighted by Gasteiger charge is 2.12. The summed E-state index contributed by atoms with van der Waals surface area (Å²) in [5.74, 6) is 1.40. The van der Waals surface area contributed by atoms with Crippen LogP contribution >= 0.6 is 39.0 Å². The summed E-state index contributed by atoms with van der Waals surface area (Å²) in [7, 11) is 0. The second-order valence-electron chi connectivity index (χ2n) is 4.52. The van der Waals surface area contributed by atoms with E-state index in [4.69, 9.17) is 9.15 Å². The molecule has 0 radical (unpaired) electrons. The van der Waals surface area contributed by atoms with Gasteiger partial charge in [-0.25, -0.2) is 4.79 Å². The number of halogens is 1. The molecule has 0 unspecified atom stereocenters. The van der Waals surface area contributed by atoms with E-state index >= 15 is 0 Å². The Balaban J connectivity index is 1.56. The lowest BCUT2D eigenvalue weighted by molar-refractivity contribution is 0.168. The van der Waals surface area contributed by atoms with E-state index in [1.54, 1.807) is 6.92 Å². The highest BCUT2D eigenvalue weighted by atomic mass is 79.9. The zero-order chi connectivity index (χ0) is 17.6. The molecule has 0 saturated carbocycles. The Morgan fingerprint density at radius 3 is 2.84 bits per heavy atom. The van der Waals surface area contributed by atoms with Crippen LogP contribution in [0, 0.1) is 0 Å². The van der Waals surface area contributed by atoms with Gasteiger partial charge in [0.15, 0.2) is 4.34 Å². The Morgan fingerprint density at radius 1 is 1.28 bits per heavy atom. The Bertz CT molecular complexity index is 852. The number of hydrogen-bond donors (Lipinski definition) is 1. The lowest BCUT2D eigenvalue weighted by Crippen LogP contribution is -2.12. The number of hydrogen-bond acceptors (Lipinski definition) is 9. The van der Waals surface area contributed by atoms with Crippen LogP contribution in [0.1, 0.15) is 12.8 Å².